The van der Waals surface area contributed by atoms with Gasteiger partial charge in [-0.15, -0.1) is 0 Å². The lowest BCUT2D eigenvalue weighted by molar-refractivity contribution is -0.150. The molecule has 4 aromatic rings. The highest BCUT2D eigenvalue weighted by Gasteiger charge is 2.59. The standard InChI is InChI=1S/C107H157N14O25P/c1-73(2)95(100(130)116-85(25-17-46-113-103(108)133)97(127)117-86(71-122)99(129)114-80-35-32-77-34-37-90-105(5,82(77)69-80)42-19-44-107(90,7)102(132)119-101(131)106(6)43-18-41-104(4)81-68-74(3)28-29-76(81)33-36-89(104)106)118-98(128)84(24-15-16-45-111-93(125)72-146-88-27-10-8-9-23-83(96(88)120-109)110-47-50-138-53-56-141-60-61-143-62-63-144-64-65-145-66-67-147(134,135)136)115-92(124)40-49-137-52-55-140-58-59-142-57-54-139-51-48-112-91(123)38-39-94(126)121-70-79-22-12-11-20-75(79)30-31-78-21-13-14-26-87(78)121/h11-14,20-22,26,28-29,32,35,68-69,73,84-86,88-90,95,122H,8-10,15-19,23-25,27,33-34,36-67,70-72,109H2,1-7H3,(H,111,125)(H,112,123)(H,114,129)(H,115,124)(H,116,130)(H,117,127)(H,118,128)(H3,108,113,133)(H,119,131,132)(H2,134,135,136)/t84-,85+,86+,88?,89-,90-,95+,104-,105-,106+,107+/m1/s1. The summed E-state index contributed by atoms with van der Waals surface area (Å²) >= 11 is 0. The van der Waals surface area contributed by atoms with E-state index in [1.54, 1.807) is 24.8 Å². The Morgan fingerprint density at radius 3 is 1.66 bits per heavy atom. The number of nitrogens with zero attached hydrogens (tertiary/aromatic N) is 3. The predicted molar refractivity (Wildman–Crippen MR) is 553 cm³/mol. The number of primary amides is 1. The van der Waals surface area contributed by atoms with Crippen LogP contribution in [0.2, 0.25) is 0 Å². The number of nitrogens with two attached hydrogens (primary N) is 2. The maximum Gasteiger partial charge on any atom is 0.327 e. The normalized spacial score (nSPS) is 21.3. The fourth-order valence-corrected chi connectivity index (χ4v) is 21.4. The van der Waals surface area contributed by atoms with Crippen LogP contribution in [0.5, 0.6) is 0 Å². The van der Waals surface area contributed by atoms with E-state index in [0.717, 1.165) is 79.2 Å². The van der Waals surface area contributed by atoms with E-state index < -0.39 is 108 Å². The molecular formula is C107H157N14O25P. The van der Waals surface area contributed by atoms with Crippen molar-refractivity contribution in [3.63, 3.8) is 0 Å². The summed E-state index contributed by atoms with van der Waals surface area (Å²) in [5, 5.41) is 40.0. The summed E-state index contributed by atoms with van der Waals surface area (Å²) in [6, 6.07) is 21.0. The fraction of sp³-hybridized carbons (Fsp3) is 0.636. The first-order chi connectivity index (χ1) is 70.7. The molecule has 1 heterocycles. The minimum Gasteiger partial charge on any atom is -0.394 e. The molecule has 3 saturated carbocycles. The molecule has 16 N–H and O–H groups in total. The number of ether oxygens (including phenoxy) is 10. The Kier molecular flexibility index (Phi) is 48.6. The minimum absolute atomic E-state index is 0.00244. The third-order valence-corrected chi connectivity index (χ3v) is 29.7. The SMILES string of the molecule is Cc1ccc2c(c1)[C@@]1(C)CCC[C@](C)(C(=O)NC(=O)[C@@]3(C)CCC[C@]4(C)c5cc(NC(=O)[C@H](CO)NC(=O)[C@H](CCCNC(N)=O)NC(=O)[C@@H](NC(=O)[C@@H](CCCCNC(=O)COC6CCCCCC(=NCCOCCOCCOCCOCCOCCP(=O)(O)O)C6=NN)NC(=O)CCOCCOCCOCCOCCNC(=O)CCC(=O)N6Cc7ccccc7C#Cc7ccccc76)C(C)C)ccc5CC[C@@H]34)[C@@H]1CC2. The molecule has 11 atom stereocenters. The van der Waals surface area contributed by atoms with Crippen LogP contribution < -0.4 is 64.3 Å². The summed E-state index contributed by atoms with van der Waals surface area (Å²) in [6.45, 7) is 17.8. The van der Waals surface area contributed by atoms with E-state index in [9.17, 15) is 57.6 Å². The van der Waals surface area contributed by atoms with Crippen LogP contribution in [0.1, 0.15) is 221 Å². The number of hydrogen-bond donors (Lipinski definition) is 14. The van der Waals surface area contributed by atoms with Gasteiger partial charge in [-0.2, -0.15) is 5.10 Å². The molecule has 1 aliphatic heterocycles. The molecule has 0 bridgehead atoms. The number of urea groups is 1. The van der Waals surface area contributed by atoms with Gasteiger partial charge in [-0.25, -0.2) is 4.79 Å². The van der Waals surface area contributed by atoms with E-state index in [1.165, 1.54) is 16.7 Å². The quantitative estimate of drug-likeness (QED) is 0.00515. The van der Waals surface area contributed by atoms with Gasteiger partial charge in [0.05, 0.1) is 167 Å². The Morgan fingerprint density at radius 2 is 1.05 bits per heavy atom. The van der Waals surface area contributed by atoms with Gasteiger partial charge in [0.15, 0.2) is 0 Å². The smallest absolute Gasteiger partial charge is 0.327 e. The van der Waals surface area contributed by atoms with E-state index in [4.69, 9.17) is 73.7 Å². The first kappa shape index (κ1) is 118. The van der Waals surface area contributed by atoms with Crippen molar-refractivity contribution in [1.29, 1.82) is 0 Å². The van der Waals surface area contributed by atoms with E-state index >= 15 is 4.79 Å². The second-order valence-electron chi connectivity index (χ2n) is 39.9. The molecule has 4 aromatic carbocycles. The number of amides is 12. The lowest BCUT2D eigenvalue weighted by Gasteiger charge is -2.56. The number of carbonyl (C=O) groups excluding carboxylic acids is 11. The van der Waals surface area contributed by atoms with E-state index in [2.05, 4.69) is 111 Å². The van der Waals surface area contributed by atoms with Crippen molar-refractivity contribution in [2.24, 2.45) is 50.3 Å². The number of rotatable bonds is 61. The van der Waals surface area contributed by atoms with Crippen LogP contribution in [0.4, 0.5) is 16.2 Å². The monoisotopic (exact) mass is 2070 g/mol. The first-order valence-corrected chi connectivity index (χ1v) is 53.9. The minimum atomic E-state index is -4.10. The molecule has 3 fully saturated rings. The number of benzene rings is 4. The zero-order chi connectivity index (χ0) is 106. The molecule has 39 nitrogen and oxygen atoms in total. The number of para-hydroxylation sites is 1. The Morgan fingerprint density at radius 1 is 0.510 bits per heavy atom. The molecular weight excluding hydrogens is 1910 g/mol. The zero-order valence-corrected chi connectivity index (χ0v) is 87.5. The molecule has 10 rings (SSSR count). The van der Waals surface area contributed by atoms with Crippen molar-refractivity contribution in [2.45, 2.75) is 244 Å². The number of aliphatic hydroxyl groups excluding tert-OH is 1. The van der Waals surface area contributed by atoms with Crippen LogP contribution in [0.25, 0.3) is 0 Å². The van der Waals surface area contributed by atoms with Crippen molar-refractivity contribution in [3.05, 3.63) is 129 Å². The van der Waals surface area contributed by atoms with Crippen LogP contribution in [-0.4, -0.2) is 286 Å². The maximum absolute atomic E-state index is 15.1. The Labute approximate surface area is 863 Å². The number of fused-ring (bicyclic) bond motifs is 8. The number of carbonyl (C=O) groups is 11. The van der Waals surface area contributed by atoms with E-state index in [0.29, 0.717) is 134 Å². The van der Waals surface area contributed by atoms with Crippen molar-refractivity contribution in [3.8, 4) is 11.8 Å². The van der Waals surface area contributed by atoms with E-state index in [-0.39, 0.29) is 191 Å². The highest BCUT2D eigenvalue weighted by molar-refractivity contribution is 7.51. The lowest BCUT2D eigenvalue weighted by Crippen LogP contribution is -2.60. The lowest BCUT2D eigenvalue weighted by atomic mass is 9.49. The summed E-state index contributed by atoms with van der Waals surface area (Å²) in [5.74, 6) is 6.42. The van der Waals surface area contributed by atoms with Crippen LogP contribution >= 0.6 is 7.60 Å². The topological polar surface area (TPSA) is 546 Å². The number of hydrogen-bond acceptors (Lipinski definition) is 26. The van der Waals surface area contributed by atoms with Crippen molar-refractivity contribution < 1.29 is 120 Å². The fourth-order valence-electron chi connectivity index (χ4n) is 21.0. The first-order valence-electron chi connectivity index (χ1n) is 52.1. The average molecular weight is 2070 g/mol. The van der Waals surface area contributed by atoms with Gasteiger partial charge in [0.2, 0.25) is 59.1 Å². The molecule has 810 valence electrons. The number of aliphatic imine (C=N–C) groups is 1. The van der Waals surface area contributed by atoms with Gasteiger partial charge in [0.25, 0.3) is 0 Å². The predicted octanol–water partition coefficient (Wildman–Crippen LogP) is 7.28. The Hall–Kier alpha value is -10.5. The molecule has 0 aromatic heterocycles. The van der Waals surface area contributed by atoms with E-state index in [1.807, 2.05) is 67.6 Å². The summed E-state index contributed by atoms with van der Waals surface area (Å²) in [6.07, 6.45) is 10.7. The van der Waals surface area contributed by atoms with Crippen molar-refractivity contribution in [1.82, 2.24) is 42.5 Å². The van der Waals surface area contributed by atoms with Crippen LogP contribution in [0.3, 0.4) is 0 Å². The number of nitrogens with one attached hydrogen (secondary N) is 9. The van der Waals surface area contributed by atoms with Crippen molar-refractivity contribution in [2.75, 3.05) is 175 Å². The van der Waals surface area contributed by atoms with Gasteiger partial charge in [-0.05, 0) is 196 Å². The van der Waals surface area contributed by atoms with Gasteiger partial charge in [0, 0.05) is 55.7 Å². The second-order valence-corrected chi connectivity index (χ2v) is 41.7. The number of aryl methyl sites for hydroxylation is 3. The molecule has 12 amide bonds. The summed E-state index contributed by atoms with van der Waals surface area (Å²) in [5.41, 5.74) is 13.4. The maximum atomic E-state index is 15.1. The molecule has 0 radical (unpaired) electrons. The van der Waals surface area contributed by atoms with Crippen LogP contribution in [-0.2, 0) is 130 Å². The summed E-state index contributed by atoms with van der Waals surface area (Å²) in [4.78, 5) is 178. The highest BCUT2D eigenvalue weighted by atomic mass is 31.2. The molecule has 6 aliphatic rings. The summed E-state index contributed by atoms with van der Waals surface area (Å²) in [7, 11) is -4.10. The zero-order valence-electron chi connectivity index (χ0n) is 86.6. The number of anilines is 2. The molecule has 1 unspecified atom stereocenters. The van der Waals surface area contributed by atoms with Gasteiger partial charge < -0.3 is 121 Å². The number of hydrazone groups is 1. The van der Waals surface area contributed by atoms with Gasteiger partial charge in [-0.1, -0.05) is 139 Å². The molecule has 0 saturated heterocycles. The highest BCUT2D eigenvalue weighted by Crippen LogP contribution is 2.60. The molecule has 0 spiro atoms. The Balaban J connectivity index is 0.689. The van der Waals surface area contributed by atoms with Crippen molar-refractivity contribution >= 4 is 95.5 Å². The van der Waals surface area contributed by atoms with Gasteiger partial charge in [0.1, 0.15) is 42.6 Å². The second kappa shape index (κ2) is 60.3. The van der Waals surface area contributed by atoms with Gasteiger partial charge >= 0.3 is 13.6 Å². The molecule has 40 heteroatoms. The molecule has 147 heavy (non-hydrogen) atoms. The Bertz CT molecular complexity index is 5200. The molecule has 5 aliphatic carbocycles. The number of imide groups is 1. The van der Waals surface area contributed by atoms with Crippen LogP contribution in [0.15, 0.2) is 95.0 Å². The number of aliphatic hydroxyl groups is 1. The third-order valence-electron chi connectivity index (χ3n) is 28.9. The van der Waals surface area contributed by atoms with Gasteiger partial charge in [-0.3, -0.25) is 62.8 Å². The third kappa shape index (κ3) is 36.4. The summed E-state index contributed by atoms with van der Waals surface area (Å²) < 4.78 is 67.2. The van der Waals surface area contributed by atoms with Crippen LogP contribution in [0, 0.1) is 47.3 Å². The average Bonchev–Trinajstić information content (AvgIpc) is 0.717. The largest absolute Gasteiger partial charge is 0.394 e. The number of unbranched alkanes of at least 4 members (excludes halogenated alkanes) is 1.